The number of rotatable bonds is 3. The zero-order chi connectivity index (χ0) is 12.3. The van der Waals surface area contributed by atoms with Gasteiger partial charge in [0.05, 0.1) is 11.3 Å². The van der Waals surface area contributed by atoms with Gasteiger partial charge in [-0.1, -0.05) is 12.1 Å². The highest BCUT2D eigenvalue weighted by molar-refractivity contribution is 5.41. The summed E-state index contributed by atoms with van der Waals surface area (Å²) in [6, 6.07) is 7.11. The Bertz CT molecular complexity index is 475. The molecule has 1 aromatic carbocycles. The first-order valence-electron chi connectivity index (χ1n) is 5.08. The maximum atomic E-state index is 12.5. The van der Waals surface area contributed by atoms with E-state index in [4.69, 9.17) is 0 Å². The van der Waals surface area contributed by atoms with Gasteiger partial charge in [-0.25, -0.2) is 0 Å². The van der Waals surface area contributed by atoms with Crippen molar-refractivity contribution in [2.75, 3.05) is 5.32 Å². The van der Waals surface area contributed by atoms with Crippen LogP contribution in [0.5, 0.6) is 0 Å². The van der Waals surface area contributed by atoms with E-state index in [-0.39, 0.29) is 0 Å². The van der Waals surface area contributed by atoms with Crippen LogP contribution in [-0.2, 0) is 12.7 Å². The predicted molar refractivity (Wildman–Crippen MR) is 59.6 cm³/mol. The molecule has 2 N–H and O–H groups in total. The minimum Gasteiger partial charge on any atom is -0.380 e. The molecule has 0 amide bonds. The zero-order valence-corrected chi connectivity index (χ0v) is 8.88. The number of aromatic nitrogens is 1. The van der Waals surface area contributed by atoms with E-state index in [2.05, 4.69) is 10.3 Å². The summed E-state index contributed by atoms with van der Waals surface area (Å²) < 4.78 is 37.4. The Labute approximate surface area is 96.5 Å². The Morgan fingerprint density at radius 2 is 2.00 bits per heavy atom. The molecule has 0 bridgehead atoms. The molecule has 0 aliphatic rings. The van der Waals surface area contributed by atoms with Gasteiger partial charge in [0.15, 0.2) is 0 Å². The molecule has 0 fully saturated rings. The maximum Gasteiger partial charge on any atom is 0.416 e. The molecule has 0 spiro atoms. The molecule has 0 radical (unpaired) electrons. The number of halogens is 3. The van der Waals surface area contributed by atoms with Crippen molar-refractivity contribution in [2.24, 2.45) is 0 Å². The van der Waals surface area contributed by atoms with Crippen LogP contribution in [0.3, 0.4) is 0 Å². The molecular formula is C12H11F3N2. The summed E-state index contributed by atoms with van der Waals surface area (Å²) >= 11 is 0. The molecule has 90 valence electrons. The van der Waals surface area contributed by atoms with Gasteiger partial charge in [0, 0.05) is 18.9 Å². The molecule has 2 rings (SSSR count). The van der Waals surface area contributed by atoms with Crippen LogP contribution in [-0.4, -0.2) is 4.98 Å². The van der Waals surface area contributed by atoms with E-state index >= 15 is 0 Å². The van der Waals surface area contributed by atoms with Crippen LogP contribution < -0.4 is 5.32 Å². The largest absolute Gasteiger partial charge is 0.416 e. The molecule has 0 saturated carbocycles. The van der Waals surface area contributed by atoms with Crippen LogP contribution in [0.1, 0.15) is 11.1 Å². The Morgan fingerprint density at radius 3 is 2.65 bits per heavy atom. The third-order valence-electron chi connectivity index (χ3n) is 2.35. The maximum absolute atomic E-state index is 12.5. The van der Waals surface area contributed by atoms with Gasteiger partial charge in [-0.2, -0.15) is 13.2 Å². The first-order valence-corrected chi connectivity index (χ1v) is 5.08. The zero-order valence-electron chi connectivity index (χ0n) is 8.88. The molecule has 0 unspecified atom stereocenters. The van der Waals surface area contributed by atoms with Gasteiger partial charge >= 0.3 is 6.18 Å². The Morgan fingerprint density at radius 1 is 1.18 bits per heavy atom. The first kappa shape index (κ1) is 11.6. The molecule has 1 heterocycles. The lowest BCUT2D eigenvalue weighted by molar-refractivity contribution is -0.137. The normalized spacial score (nSPS) is 11.5. The lowest BCUT2D eigenvalue weighted by atomic mass is 10.1. The Hall–Kier alpha value is -1.91. The highest BCUT2D eigenvalue weighted by Crippen LogP contribution is 2.29. The van der Waals surface area contributed by atoms with Gasteiger partial charge in [0.25, 0.3) is 0 Å². The summed E-state index contributed by atoms with van der Waals surface area (Å²) in [5.74, 6) is 0. The van der Waals surface area contributed by atoms with Crippen LogP contribution in [0.2, 0.25) is 0 Å². The number of hydrogen-bond donors (Lipinski definition) is 2. The molecule has 5 heteroatoms. The Kier molecular flexibility index (Phi) is 3.08. The molecule has 0 aliphatic heterocycles. The van der Waals surface area contributed by atoms with E-state index in [1.165, 1.54) is 6.07 Å². The molecule has 2 aromatic rings. The molecule has 0 saturated heterocycles. The molecule has 17 heavy (non-hydrogen) atoms. The number of hydrogen-bond acceptors (Lipinski definition) is 1. The topological polar surface area (TPSA) is 27.8 Å². The van der Waals surface area contributed by atoms with Crippen molar-refractivity contribution < 1.29 is 13.2 Å². The van der Waals surface area contributed by atoms with Crippen molar-refractivity contribution >= 4 is 5.69 Å². The Balaban J connectivity index is 2.07. The molecular weight excluding hydrogens is 229 g/mol. The minimum atomic E-state index is -4.29. The fourth-order valence-electron chi connectivity index (χ4n) is 1.50. The van der Waals surface area contributed by atoms with Crippen LogP contribution in [0.4, 0.5) is 18.9 Å². The van der Waals surface area contributed by atoms with E-state index in [1.807, 2.05) is 6.07 Å². The number of anilines is 1. The van der Waals surface area contributed by atoms with Gasteiger partial charge in [-0.05, 0) is 23.8 Å². The second-order valence-electron chi connectivity index (χ2n) is 3.65. The van der Waals surface area contributed by atoms with Gasteiger partial charge in [0.1, 0.15) is 0 Å². The van der Waals surface area contributed by atoms with Crippen molar-refractivity contribution in [2.45, 2.75) is 12.7 Å². The number of nitrogens with one attached hydrogen (secondary N) is 2. The fourth-order valence-corrected chi connectivity index (χ4v) is 1.50. The van der Waals surface area contributed by atoms with Crippen LogP contribution >= 0.6 is 0 Å². The lowest BCUT2D eigenvalue weighted by Gasteiger charge is -2.09. The SMILES string of the molecule is FC(F)(F)c1cccc(CNc2cc[nH]c2)c1. The minimum absolute atomic E-state index is 0.363. The standard InChI is InChI=1S/C12H11F3N2/c13-12(14,15)10-3-1-2-9(6-10)7-17-11-4-5-16-8-11/h1-6,8,16-17H,7H2. The highest BCUT2D eigenvalue weighted by Gasteiger charge is 2.30. The highest BCUT2D eigenvalue weighted by atomic mass is 19.4. The van der Waals surface area contributed by atoms with E-state index in [0.29, 0.717) is 12.1 Å². The number of H-pyrrole nitrogens is 1. The second kappa shape index (κ2) is 4.53. The molecule has 0 atom stereocenters. The summed E-state index contributed by atoms with van der Waals surface area (Å²) in [5, 5.41) is 3.02. The summed E-state index contributed by atoms with van der Waals surface area (Å²) in [4.78, 5) is 2.86. The predicted octanol–water partition coefficient (Wildman–Crippen LogP) is 3.65. The van der Waals surface area contributed by atoms with Crippen molar-refractivity contribution in [3.05, 3.63) is 53.9 Å². The molecule has 2 nitrogen and oxygen atoms in total. The third-order valence-corrected chi connectivity index (χ3v) is 2.35. The van der Waals surface area contributed by atoms with Gasteiger partial charge in [-0.15, -0.1) is 0 Å². The van der Waals surface area contributed by atoms with E-state index in [1.54, 1.807) is 18.5 Å². The summed E-state index contributed by atoms with van der Waals surface area (Å²) in [6.07, 6.45) is -0.799. The summed E-state index contributed by atoms with van der Waals surface area (Å²) in [5.41, 5.74) is 0.828. The van der Waals surface area contributed by atoms with Gasteiger partial charge < -0.3 is 10.3 Å². The van der Waals surface area contributed by atoms with E-state index < -0.39 is 11.7 Å². The molecule has 0 aliphatic carbocycles. The number of benzene rings is 1. The smallest absolute Gasteiger partial charge is 0.380 e. The van der Waals surface area contributed by atoms with Crippen LogP contribution in [0.15, 0.2) is 42.7 Å². The summed E-state index contributed by atoms with van der Waals surface area (Å²) in [6.45, 7) is 0.363. The van der Waals surface area contributed by atoms with Crippen molar-refractivity contribution in [1.82, 2.24) is 4.98 Å². The van der Waals surface area contributed by atoms with Crippen LogP contribution in [0, 0.1) is 0 Å². The number of alkyl halides is 3. The molecule has 1 aromatic heterocycles. The third kappa shape index (κ3) is 3.03. The van der Waals surface area contributed by atoms with Crippen molar-refractivity contribution in [3.8, 4) is 0 Å². The average Bonchev–Trinajstić information content (AvgIpc) is 2.78. The van der Waals surface area contributed by atoms with Crippen molar-refractivity contribution in [3.63, 3.8) is 0 Å². The van der Waals surface area contributed by atoms with Crippen molar-refractivity contribution in [1.29, 1.82) is 0 Å². The first-order chi connectivity index (χ1) is 8.05. The lowest BCUT2D eigenvalue weighted by Crippen LogP contribution is -2.06. The van der Waals surface area contributed by atoms with Gasteiger partial charge in [-0.3, -0.25) is 0 Å². The fraction of sp³-hybridized carbons (Fsp3) is 0.167. The monoisotopic (exact) mass is 240 g/mol. The number of aromatic amines is 1. The second-order valence-corrected chi connectivity index (χ2v) is 3.65. The van der Waals surface area contributed by atoms with Crippen LogP contribution in [0.25, 0.3) is 0 Å². The average molecular weight is 240 g/mol. The quantitative estimate of drug-likeness (QED) is 0.842. The van der Waals surface area contributed by atoms with E-state index in [9.17, 15) is 13.2 Å². The summed E-state index contributed by atoms with van der Waals surface area (Å²) in [7, 11) is 0. The van der Waals surface area contributed by atoms with Gasteiger partial charge in [0.2, 0.25) is 0 Å². The van der Waals surface area contributed by atoms with E-state index in [0.717, 1.165) is 17.8 Å².